The van der Waals surface area contributed by atoms with E-state index in [9.17, 15) is 17.3 Å². The summed E-state index contributed by atoms with van der Waals surface area (Å²) in [6.45, 7) is -5.31. The Morgan fingerprint density at radius 3 is 2.43 bits per heavy atom. The average molecular weight is 203 g/mol. The third-order valence-electron chi connectivity index (χ3n) is 1.95. The zero-order valence-electron chi connectivity index (χ0n) is 6.81. The summed E-state index contributed by atoms with van der Waals surface area (Å²) in [5.74, 6) is -1.26. The van der Waals surface area contributed by atoms with Crippen LogP contribution in [0.1, 0.15) is 0 Å². The molecule has 0 unspecified atom stereocenters. The second-order valence-electron chi connectivity index (χ2n) is 2.88. The van der Waals surface area contributed by atoms with Crippen LogP contribution in [0.25, 0.3) is 11.0 Å². The van der Waals surface area contributed by atoms with Gasteiger partial charge in [-0.3, -0.25) is 0 Å². The summed E-state index contributed by atoms with van der Waals surface area (Å²) in [6, 6.07) is 2.99. The van der Waals surface area contributed by atoms with Gasteiger partial charge in [-0.25, -0.2) is 4.39 Å². The van der Waals surface area contributed by atoms with Crippen molar-refractivity contribution in [3.8, 4) is 0 Å². The molecule has 14 heavy (non-hydrogen) atoms. The van der Waals surface area contributed by atoms with Crippen molar-refractivity contribution < 1.29 is 21.8 Å². The van der Waals surface area contributed by atoms with E-state index in [2.05, 4.69) is 0 Å². The van der Waals surface area contributed by atoms with Crippen LogP contribution in [0.2, 0.25) is 0 Å². The van der Waals surface area contributed by atoms with E-state index in [-0.39, 0.29) is 11.0 Å². The molecule has 1 heterocycles. The molecule has 0 fully saturated rings. The quantitative estimate of drug-likeness (QED) is 0.512. The summed E-state index contributed by atoms with van der Waals surface area (Å²) in [6.07, 6.45) is 1.15. The first-order valence-electron chi connectivity index (χ1n) is 3.85. The van der Waals surface area contributed by atoms with Crippen molar-refractivity contribution in [1.82, 2.24) is 0 Å². The van der Waals surface area contributed by atoms with E-state index in [0.717, 1.165) is 12.3 Å². The largest absolute Gasteiger partial charge is 0.512 e. The van der Waals surface area contributed by atoms with E-state index < -0.39 is 18.3 Å². The molecule has 0 bridgehead atoms. The van der Waals surface area contributed by atoms with Crippen LogP contribution in [0, 0.1) is 5.82 Å². The molecule has 0 amide bonds. The maximum absolute atomic E-state index is 13.2. The minimum Gasteiger partial charge on any atom is -0.464 e. The molecular weight excluding hydrogens is 199 g/mol. The first kappa shape index (κ1) is 9.11. The normalized spacial score (nSPS) is 12.3. The first-order chi connectivity index (χ1) is 6.50. The molecule has 2 aromatic rings. The number of hydrogen-bond acceptors (Lipinski definition) is 1. The van der Waals surface area contributed by atoms with Crippen LogP contribution in [0.3, 0.4) is 0 Å². The Hall–Kier alpha value is -1.46. The summed E-state index contributed by atoms with van der Waals surface area (Å²) in [4.78, 5) is 0. The Kier molecular flexibility index (Phi) is 1.80. The van der Waals surface area contributed by atoms with Gasteiger partial charge in [0.1, 0.15) is 11.4 Å². The highest BCUT2D eigenvalue weighted by molar-refractivity contribution is 6.73. The van der Waals surface area contributed by atoms with Gasteiger partial charge in [0.2, 0.25) is 0 Å². The highest BCUT2D eigenvalue weighted by Crippen LogP contribution is 2.20. The van der Waals surface area contributed by atoms with Crippen molar-refractivity contribution in [3.63, 3.8) is 0 Å². The van der Waals surface area contributed by atoms with Crippen LogP contribution in [-0.4, -0.2) is 6.98 Å². The smallest absolute Gasteiger partial charge is 0.464 e. The number of furan rings is 1. The van der Waals surface area contributed by atoms with Crippen molar-refractivity contribution in [2.75, 3.05) is 0 Å². The Bertz CT molecular complexity index is 474. The number of halogens is 4. The van der Waals surface area contributed by atoms with E-state index in [1.54, 1.807) is 0 Å². The molecule has 0 radical (unpaired) electrons. The van der Waals surface area contributed by atoms with E-state index in [1.165, 1.54) is 6.07 Å². The second-order valence-corrected chi connectivity index (χ2v) is 2.88. The molecule has 0 spiro atoms. The highest BCUT2D eigenvalue weighted by atomic mass is 19.4. The Morgan fingerprint density at radius 2 is 1.79 bits per heavy atom. The lowest BCUT2D eigenvalue weighted by atomic mass is 9.79. The zero-order valence-corrected chi connectivity index (χ0v) is 6.81. The first-order valence-corrected chi connectivity index (χ1v) is 3.85. The number of rotatable bonds is 1. The molecular formula is C8H4BF4O-. The predicted molar refractivity (Wildman–Crippen MR) is 44.9 cm³/mol. The van der Waals surface area contributed by atoms with Gasteiger partial charge in [0.05, 0.1) is 11.6 Å². The van der Waals surface area contributed by atoms with Crippen molar-refractivity contribution in [1.29, 1.82) is 0 Å². The molecule has 1 nitrogen and oxygen atoms in total. The molecule has 2 rings (SSSR count). The standard InChI is InChI=1S/C8H4BF4O/c10-8-5-3-4-14-7(5)2-1-6(8)9(11,12)13/h1-4H/q-1. The third-order valence-corrected chi connectivity index (χ3v) is 1.95. The molecule has 1 aromatic carbocycles. The monoisotopic (exact) mass is 203 g/mol. The van der Waals surface area contributed by atoms with Crippen molar-refractivity contribution in [2.45, 2.75) is 0 Å². The van der Waals surface area contributed by atoms with Crippen molar-refractivity contribution in [2.24, 2.45) is 0 Å². The summed E-state index contributed by atoms with van der Waals surface area (Å²) >= 11 is 0. The van der Waals surface area contributed by atoms with Crippen molar-refractivity contribution in [3.05, 3.63) is 30.3 Å². The van der Waals surface area contributed by atoms with Gasteiger partial charge in [-0.05, 0) is 12.1 Å². The topological polar surface area (TPSA) is 13.1 Å². The summed E-state index contributed by atoms with van der Waals surface area (Å²) in [5.41, 5.74) is -1.09. The number of fused-ring (bicyclic) bond motifs is 1. The number of benzene rings is 1. The van der Waals surface area contributed by atoms with Crippen LogP contribution in [0.4, 0.5) is 17.3 Å². The molecule has 0 atom stereocenters. The molecule has 1 aromatic heterocycles. The fourth-order valence-corrected chi connectivity index (χ4v) is 1.28. The molecule has 0 saturated carbocycles. The zero-order chi connectivity index (χ0) is 10.3. The van der Waals surface area contributed by atoms with E-state index in [1.807, 2.05) is 0 Å². The highest BCUT2D eigenvalue weighted by Gasteiger charge is 2.29. The molecule has 0 aliphatic carbocycles. The summed E-state index contributed by atoms with van der Waals surface area (Å²) in [7, 11) is 0. The minimum absolute atomic E-state index is 0.117. The fourth-order valence-electron chi connectivity index (χ4n) is 1.28. The molecule has 6 heteroatoms. The minimum atomic E-state index is -5.31. The molecule has 0 aliphatic heterocycles. The molecule has 0 aliphatic rings. The van der Waals surface area contributed by atoms with E-state index >= 15 is 0 Å². The van der Waals surface area contributed by atoms with Gasteiger partial charge in [0.15, 0.2) is 0 Å². The maximum Gasteiger partial charge on any atom is 0.512 e. The van der Waals surface area contributed by atoms with Crippen LogP contribution in [0.5, 0.6) is 0 Å². The molecule has 0 N–H and O–H groups in total. The van der Waals surface area contributed by atoms with Gasteiger partial charge in [0.25, 0.3) is 0 Å². The molecule has 74 valence electrons. The van der Waals surface area contributed by atoms with Gasteiger partial charge < -0.3 is 17.4 Å². The Morgan fingerprint density at radius 1 is 1.07 bits per heavy atom. The van der Waals surface area contributed by atoms with E-state index in [0.29, 0.717) is 6.07 Å². The second kappa shape index (κ2) is 2.77. The van der Waals surface area contributed by atoms with Gasteiger partial charge in [-0.15, -0.1) is 0 Å². The molecule has 0 saturated heterocycles. The Balaban J connectivity index is 2.74. The van der Waals surface area contributed by atoms with Crippen LogP contribution >= 0.6 is 0 Å². The van der Waals surface area contributed by atoms with Crippen LogP contribution < -0.4 is 5.46 Å². The Labute approximate surface area is 76.4 Å². The summed E-state index contributed by atoms with van der Waals surface area (Å²) < 4.78 is 54.8. The predicted octanol–water partition coefficient (Wildman–Crippen LogP) is 2.63. The van der Waals surface area contributed by atoms with Gasteiger partial charge >= 0.3 is 6.98 Å². The van der Waals surface area contributed by atoms with Gasteiger partial charge in [-0.1, -0.05) is 11.5 Å². The lowest BCUT2D eigenvalue weighted by Gasteiger charge is -2.15. The van der Waals surface area contributed by atoms with E-state index in [4.69, 9.17) is 4.42 Å². The average Bonchev–Trinajstić information content (AvgIpc) is 2.50. The maximum atomic E-state index is 13.2. The third kappa shape index (κ3) is 1.27. The lowest BCUT2D eigenvalue weighted by Crippen LogP contribution is -2.36. The summed E-state index contributed by atoms with van der Waals surface area (Å²) in [5, 5.41) is -0.137. The van der Waals surface area contributed by atoms with Crippen LogP contribution in [-0.2, 0) is 0 Å². The van der Waals surface area contributed by atoms with Crippen molar-refractivity contribution >= 4 is 23.4 Å². The number of hydrogen-bond donors (Lipinski definition) is 0. The van der Waals surface area contributed by atoms with Gasteiger partial charge in [0, 0.05) is 0 Å². The van der Waals surface area contributed by atoms with Crippen LogP contribution in [0.15, 0.2) is 28.9 Å². The SMILES string of the molecule is Fc1c([B-](F)(F)F)ccc2occc12. The van der Waals surface area contributed by atoms with Gasteiger partial charge in [-0.2, -0.15) is 0 Å². The lowest BCUT2D eigenvalue weighted by molar-refractivity contribution is 0.495. The fraction of sp³-hybridized carbons (Fsp3) is 0.